The van der Waals surface area contributed by atoms with Gasteiger partial charge in [-0.1, -0.05) is 30.9 Å². The van der Waals surface area contributed by atoms with Crippen molar-refractivity contribution in [3.05, 3.63) is 17.2 Å². The van der Waals surface area contributed by atoms with Crippen LogP contribution < -0.4 is 10.1 Å². The lowest BCUT2D eigenvalue weighted by molar-refractivity contribution is 0.372. The molecule has 1 heterocycles. The van der Waals surface area contributed by atoms with Crippen LogP contribution in [0.15, 0.2) is 12.1 Å². The third-order valence-electron chi connectivity index (χ3n) is 3.30. The van der Waals surface area contributed by atoms with E-state index in [-0.39, 0.29) is 0 Å². The van der Waals surface area contributed by atoms with Crippen LogP contribution in [0.5, 0.6) is 5.88 Å². The summed E-state index contributed by atoms with van der Waals surface area (Å²) in [6.45, 7) is 0.998. The van der Waals surface area contributed by atoms with Gasteiger partial charge < -0.3 is 10.1 Å². The Kier molecular flexibility index (Phi) is 4.49. The highest BCUT2D eigenvalue weighted by Crippen LogP contribution is 2.26. The Hall–Kier alpha value is -0.960. The summed E-state index contributed by atoms with van der Waals surface area (Å²) >= 11 is 5.93. The van der Waals surface area contributed by atoms with Crippen molar-refractivity contribution >= 4 is 17.4 Å². The molecular weight excluding hydrogens is 236 g/mol. The molecule has 0 amide bonds. The Labute approximate surface area is 108 Å². The van der Waals surface area contributed by atoms with Crippen molar-refractivity contribution in [2.75, 3.05) is 19.0 Å². The molecule has 2 rings (SSSR count). The van der Waals surface area contributed by atoms with Crippen molar-refractivity contribution in [1.29, 1.82) is 0 Å². The highest BCUT2D eigenvalue weighted by molar-refractivity contribution is 6.31. The number of hydrogen-bond donors (Lipinski definition) is 1. The van der Waals surface area contributed by atoms with E-state index >= 15 is 0 Å². The van der Waals surface area contributed by atoms with Crippen molar-refractivity contribution < 1.29 is 4.74 Å². The monoisotopic (exact) mass is 254 g/mol. The number of rotatable bonds is 4. The van der Waals surface area contributed by atoms with Gasteiger partial charge in [0.1, 0.15) is 10.8 Å². The van der Waals surface area contributed by atoms with Gasteiger partial charge in [0.15, 0.2) is 0 Å². The average molecular weight is 255 g/mol. The molecule has 17 heavy (non-hydrogen) atoms. The molecule has 0 unspecified atom stereocenters. The second-order valence-corrected chi connectivity index (χ2v) is 4.98. The summed E-state index contributed by atoms with van der Waals surface area (Å²) in [5.74, 6) is 2.12. The van der Waals surface area contributed by atoms with Crippen LogP contribution in [0.25, 0.3) is 0 Å². The fourth-order valence-corrected chi connectivity index (χ4v) is 2.49. The number of hydrogen-bond acceptors (Lipinski definition) is 3. The zero-order chi connectivity index (χ0) is 12.1. The summed E-state index contributed by atoms with van der Waals surface area (Å²) in [6.07, 6.45) is 6.78. The Bertz CT molecular complexity index is 364. The second kappa shape index (κ2) is 6.10. The zero-order valence-electron chi connectivity index (χ0n) is 10.2. The van der Waals surface area contributed by atoms with Crippen molar-refractivity contribution in [2.24, 2.45) is 5.92 Å². The van der Waals surface area contributed by atoms with E-state index in [2.05, 4.69) is 10.3 Å². The molecule has 1 aromatic heterocycles. The number of nitrogens with one attached hydrogen (secondary N) is 1. The van der Waals surface area contributed by atoms with E-state index in [0.29, 0.717) is 10.9 Å². The SMILES string of the molecule is COc1nc(NCC2CCCCC2)ccc1Cl. The maximum absolute atomic E-state index is 5.93. The van der Waals surface area contributed by atoms with Crippen molar-refractivity contribution in [2.45, 2.75) is 32.1 Å². The lowest BCUT2D eigenvalue weighted by Gasteiger charge is -2.22. The molecule has 1 aromatic rings. The molecule has 0 saturated heterocycles. The van der Waals surface area contributed by atoms with Crippen LogP contribution in [0.4, 0.5) is 5.82 Å². The fraction of sp³-hybridized carbons (Fsp3) is 0.615. The largest absolute Gasteiger partial charge is 0.480 e. The lowest BCUT2D eigenvalue weighted by atomic mass is 9.89. The van der Waals surface area contributed by atoms with Crippen molar-refractivity contribution in [3.63, 3.8) is 0 Å². The van der Waals surface area contributed by atoms with Gasteiger partial charge in [0, 0.05) is 6.54 Å². The van der Waals surface area contributed by atoms with E-state index in [4.69, 9.17) is 16.3 Å². The molecule has 0 aliphatic heterocycles. The Balaban J connectivity index is 1.89. The molecular formula is C13H19ClN2O. The molecule has 0 radical (unpaired) electrons. The lowest BCUT2D eigenvalue weighted by Crippen LogP contribution is -2.17. The van der Waals surface area contributed by atoms with Crippen molar-refractivity contribution in [3.8, 4) is 5.88 Å². The normalized spacial score (nSPS) is 16.8. The molecule has 0 bridgehead atoms. The summed E-state index contributed by atoms with van der Waals surface area (Å²) in [7, 11) is 1.58. The highest BCUT2D eigenvalue weighted by atomic mass is 35.5. The smallest absolute Gasteiger partial charge is 0.234 e. The number of aromatic nitrogens is 1. The first-order valence-electron chi connectivity index (χ1n) is 6.24. The first kappa shape index (κ1) is 12.5. The van der Waals surface area contributed by atoms with E-state index < -0.39 is 0 Å². The summed E-state index contributed by atoms with van der Waals surface area (Å²) in [6, 6.07) is 3.71. The van der Waals surface area contributed by atoms with Gasteiger partial charge in [0.2, 0.25) is 5.88 Å². The average Bonchev–Trinajstić information content (AvgIpc) is 2.39. The standard InChI is InChI=1S/C13H19ClN2O/c1-17-13-11(14)7-8-12(16-13)15-9-10-5-3-2-4-6-10/h7-8,10H,2-6,9H2,1H3,(H,15,16). The Morgan fingerprint density at radius 2 is 2.12 bits per heavy atom. The highest BCUT2D eigenvalue weighted by Gasteiger charge is 2.13. The van der Waals surface area contributed by atoms with E-state index in [0.717, 1.165) is 18.3 Å². The minimum atomic E-state index is 0.486. The van der Waals surface area contributed by atoms with Crippen LogP contribution in [0, 0.1) is 5.92 Å². The molecule has 1 aliphatic rings. The summed E-state index contributed by atoms with van der Waals surface area (Å²) in [4.78, 5) is 4.31. The van der Waals surface area contributed by atoms with Gasteiger partial charge in [0.25, 0.3) is 0 Å². The topological polar surface area (TPSA) is 34.1 Å². The first-order chi connectivity index (χ1) is 8.29. The molecule has 0 atom stereocenters. The summed E-state index contributed by atoms with van der Waals surface area (Å²) in [5.41, 5.74) is 0. The number of halogens is 1. The minimum absolute atomic E-state index is 0.486. The molecule has 1 N–H and O–H groups in total. The number of ether oxygens (including phenoxy) is 1. The Morgan fingerprint density at radius 3 is 2.82 bits per heavy atom. The quantitative estimate of drug-likeness (QED) is 0.889. The van der Waals surface area contributed by atoms with Gasteiger partial charge in [-0.3, -0.25) is 0 Å². The molecule has 1 saturated carbocycles. The third-order valence-corrected chi connectivity index (χ3v) is 3.59. The molecule has 3 nitrogen and oxygen atoms in total. The number of methoxy groups -OCH3 is 1. The van der Waals surface area contributed by atoms with Gasteiger partial charge in [-0.2, -0.15) is 4.98 Å². The van der Waals surface area contributed by atoms with Gasteiger partial charge in [-0.15, -0.1) is 0 Å². The maximum Gasteiger partial charge on any atom is 0.234 e. The molecule has 1 aliphatic carbocycles. The van der Waals surface area contributed by atoms with E-state index in [1.54, 1.807) is 7.11 Å². The van der Waals surface area contributed by atoms with Crippen LogP contribution in [-0.4, -0.2) is 18.6 Å². The van der Waals surface area contributed by atoms with E-state index in [1.165, 1.54) is 32.1 Å². The minimum Gasteiger partial charge on any atom is -0.480 e. The number of nitrogens with zero attached hydrogens (tertiary/aromatic N) is 1. The van der Waals surface area contributed by atoms with Gasteiger partial charge in [-0.25, -0.2) is 0 Å². The second-order valence-electron chi connectivity index (χ2n) is 4.57. The van der Waals surface area contributed by atoms with E-state index in [9.17, 15) is 0 Å². The number of pyridine rings is 1. The number of anilines is 1. The van der Waals surface area contributed by atoms with Gasteiger partial charge in [0.05, 0.1) is 7.11 Å². The van der Waals surface area contributed by atoms with Crippen molar-refractivity contribution in [1.82, 2.24) is 4.98 Å². The fourth-order valence-electron chi connectivity index (χ4n) is 2.31. The molecule has 0 aromatic carbocycles. The zero-order valence-corrected chi connectivity index (χ0v) is 11.0. The van der Waals surface area contributed by atoms with Gasteiger partial charge in [-0.05, 0) is 30.9 Å². The van der Waals surface area contributed by atoms with Gasteiger partial charge >= 0.3 is 0 Å². The predicted octanol–water partition coefficient (Wildman–Crippen LogP) is 3.74. The molecule has 94 valence electrons. The van der Waals surface area contributed by atoms with Crippen LogP contribution in [0.3, 0.4) is 0 Å². The third kappa shape index (κ3) is 3.50. The molecule has 1 fully saturated rings. The predicted molar refractivity (Wildman–Crippen MR) is 70.9 cm³/mol. The molecule has 4 heteroatoms. The van der Waals surface area contributed by atoms with Crippen LogP contribution >= 0.6 is 11.6 Å². The first-order valence-corrected chi connectivity index (χ1v) is 6.62. The van der Waals surface area contributed by atoms with Crippen LogP contribution in [0.2, 0.25) is 5.02 Å². The maximum atomic E-state index is 5.93. The molecule has 0 spiro atoms. The van der Waals surface area contributed by atoms with E-state index in [1.807, 2.05) is 12.1 Å². The van der Waals surface area contributed by atoms with Crippen LogP contribution in [-0.2, 0) is 0 Å². The summed E-state index contributed by atoms with van der Waals surface area (Å²) in [5, 5.41) is 3.92. The summed E-state index contributed by atoms with van der Waals surface area (Å²) < 4.78 is 5.09. The Morgan fingerprint density at radius 1 is 1.35 bits per heavy atom. The van der Waals surface area contributed by atoms with Crippen LogP contribution in [0.1, 0.15) is 32.1 Å².